The van der Waals surface area contributed by atoms with Gasteiger partial charge >= 0.3 is 0 Å². The smallest absolute Gasteiger partial charge is 0.222 e. The first-order valence-corrected chi connectivity index (χ1v) is 4.65. The maximum absolute atomic E-state index is 10.8. The molecule has 0 aromatic rings. The molecule has 0 unspecified atom stereocenters. The van der Waals surface area contributed by atoms with E-state index in [-0.39, 0.29) is 5.91 Å². The van der Waals surface area contributed by atoms with Gasteiger partial charge in [-0.05, 0) is 12.8 Å². The maximum Gasteiger partial charge on any atom is 0.222 e. The van der Waals surface area contributed by atoms with Gasteiger partial charge in [0.1, 0.15) is 0 Å². The molecule has 1 N–H and O–H groups in total. The third-order valence-corrected chi connectivity index (χ3v) is 2.26. The van der Waals surface area contributed by atoms with Crippen molar-refractivity contribution < 1.29 is 9.53 Å². The normalized spacial score (nSPS) is 18.1. The molecule has 0 radical (unpaired) electrons. The van der Waals surface area contributed by atoms with Crippen LogP contribution in [-0.2, 0) is 9.53 Å². The zero-order valence-electron chi connectivity index (χ0n) is 7.64. The Kier molecular flexibility index (Phi) is 4.08. The Bertz CT molecular complexity index is 141. The summed E-state index contributed by atoms with van der Waals surface area (Å²) >= 11 is 0. The average Bonchev–Trinajstić information content (AvgIpc) is 2.57. The molecule has 0 spiro atoms. The Hall–Kier alpha value is -0.570. The van der Waals surface area contributed by atoms with Crippen LogP contribution in [0.25, 0.3) is 0 Å². The molecule has 3 heteroatoms. The van der Waals surface area contributed by atoms with Crippen molar-refractivity contribution in [2.45, 2.75) is 38.2 Å². The quantitative estimate of drug-likeness (QED) is 0.687. The van der Waals surface area contributed by atoms with Gasteiger partial charge in [0.2, 0.25) is 5.91 Å². The summed E-state index contributed by atoms with van der Waals surface area (Å²) in [5.41, 5.74) is 0. The molecule has 0 heterocycles. The summed E-state index contributed by atoms with van der Waals surface area (Å²) in [6.07, 6.45) is 5.83. The Morgan fingerprint density at radius 2 is 2.17 bits per heavy atom. The van der Waals surface area contributed by atoms with E-state index in [1.807, 2.05) is 0 Å². The molecule has 1 aliphatic carbocycles. The molecule has 70 valence electrons. The molecule has 1 fully saturated rings. The van der Waals surface area contributed by atoms with Gasteiger partial charge in [0, 0.05) is 13.5 Å². The van der Waals surface area contributed by atoms with Crippen molar-refractivity contribution in [3.05, 3.63) is 0 Å². The highest BCUT2D eigenvalue weighted by atomic mass is 16.5. The number of nitrogens with one attached hydrogen (secondary N) is 1. The van der Waals surface area contributed by atoms with E-state index >= 15 is 0 Å². The Morgan fingerprint density at radius 3 is 2.75 bits per heavy atom. The largest absolute Gasteiger partial charge is 0.378 e. The number of amides is 1. The molecule has 0 saturated heterocycles. The van der Waals surface area contributed by atoms with Crippen LogP contribution in [0.15, 0.2) is 0 Å². The number of rotatable bonds is 4. The van der Waals surface area contributed by atoms with E-state index in [0.29, 0.717) is 19.1 Å². The molecule has 0 aromatic carbocycles. The van der Waals surface area contributed by atoms with E-state index in [2.05, 4.69) is 5.32 Å². The second kappa shape index (κ2) is 5.14. The van der Waals surface area contributed by atoms with E-state index in [9.17, 15) is 4.79 Å². The minimum atomic E-state index is 0.0630. The van der Waals surface area contributed by atoms with E-state index < -0.39 is 0 Å². The number of ether oxygens (including phenoxy) is 1. The first-order chi connectivity index (χ1) is 5.83. The van der Waals surface area contributed by atoms with Gasteiger partial charge in [-0.25, -0.2) is 0 Å². The van der Waals surface area contributed by atoms with E-state index in [4.69, 9.17) is 4.74 Å². The molecule has 0 aromatic heterocycles. The fourth-order valence-electron chi connectivity index (χ4n) is 1.50. The molecule has 1 aliphatic rings. The lowest BCUT2D eigenvalue weighted by atomic mass is 10.3. The van der Waals surface area contributed by atoms with Crippen LogP contribution in [0.1, 0.15) is 32.1 Å². The van der Waals surface area contributed by atoms with Crippen molar-refractivity contribution in [3.8, 4) is 0 Å². The molecule has 12 heavy (non-hydrogen) atoms. The summed E-state index contributed by atoms with van der Waals surface area (Å²) in [6, 6.07) is 0. The van der Waals surface area contributed by atoms with Crippen molar-refractivity contribution in [1.29, 1.82) is 0 Å². The van der Waals surface area contributed by atoms with Crippen LogP contribution in [0, 0.1) is 0 Å². The van der Waals surface area contributed by atoms with Gasteiger partial charge in [0.25, 0.3) is 0 Å². The van der Waals surface area contributed by atoms with E-state index in [1.54, 1.807) is 7.05 Å². The summed E-state index contributed by atoms with van der Waals surface area (Å²) in [5.74, 6) is 0.0630. The maximum atomic E-state index is 10.8. The van der Waals surface area contributed by atoms with Crippen LogP contribution >= 0.6 is 0 Å². The predicted octanol–water partition coefficient (Wildman–Crippen LogP) is 1.08. The lowest BCUT2D eigenvalue weighted by Gasteiger charge is -2.09. The monoisotopic (exact) mass is 171 g/mol. The standard InChI is InChI=1S/C9H17NO2/c1-10-9(11)6-7-12-8-4-2-3-5-8/h8H,2-7H2,1H3,(H,10,11). The van der Waals surface area contributed by atoms with Crippen LogP contribution in [0.4, 0.5) is 0 Å². The van der Waals surface area contributed by atoms with Crippen LogP contribution in [0.5, 0.6) is 0 Å². The van der Waals surface area contributed by atoms with Crippen molar-refractivity contribution in [3.63, 3.8) is 0 Å². The second-order valence-electron chi connectivity index (χ2n) is 3.20. The molecule has 1 saturated carbocycles. The number of hydrogen-bond donors (Lipinski definition) is 1. The lowest BCUT2D eigenvalue weighted by molar-refractivity contribution is -0.122. The summed E-state index contributed by atoms with van der Waals surface area (Å²) in [5, 5.41) is 2.57. The third-order valence-electron chi connectivity index (χ3n) is 2.26. The number of carbonyl (C=O) groups excluding carboxylic acids is 1. The summed E-state index contributed by atoms with van der Waals surface area (Å²) in [4.78, 5) is 10.8. The predicted molar refractivity (Wildman–Crippen MR) is 46.9 cm³/mol. The first kappa shape index (κ1) is 9.52. The highest BCUT2D eigenvalue weighted by Crippen LogP contribution is 2.20. The molecule has 3 nitrogen and oxygen atoms in total. The summed E-state index contributed by atoms with van der Waals surface area (Å²) in [7, 11) is 1.65. The number of hydrogen-bond acceptors (Lipinski definition) is 2. The molecule has 0 bridgehead atoms. The number of carbonyl (C=O) groups is 1. The van der Waals surface area contributed by atoms with E-state index in [0.717, 1.165) is 0 Å². The fraction of sp³-hybridized carbons (Fsp3) is 0.889. The third kappa shape index (κ3) is 3.22. The van der Waals surface area contributed by atoms with Gasteiger partial charge < -0.3 is 10.1 Å². The lowest BCUT2D eigenvalue weighted by Crippen LogP contribution is -2.20. The van der Waals surface area contributed by atoms with Gasteiger partial charge in [-0.15, -0.1) is 0 Å². The Balaban J connectivity index is 1.97. The fourth-order valence-corrected chi connectivity index (χ4v) is 1.50. The molecular formula is C9H17NO2. The molecular weight excluding hydrogens is 154 g/mol. The zero-order chi connectivity index (χ0) is 8.81. The summed E-state index contributed by atoms with van der Waals surface area (Å²) in [6.45, 7) is 0.574. The minimum Gasteiger partial charge on any atom is -0.378 e. The summed E-state index contributed by atoms with van der Waals surface area (Å²) < 4.78 is 5.51. The van der Waals surface area contributed by atoms with Crippen molar-refractivity contribution in [2.24, 2.45) is 0 Å². The van der Waals surface area contributed by atoms with Crippen molar-refractivity contribution in [1.82, 2.24) is 5.32 Å². The molecule has 1 amide bonds. The van der Waals surface area contributed by atoms with Crippen molar-refractivity contribution >= 4 is 5.91 Å². The van der Waals surface area contributed by atoms with Gasteiger partial charge in [0.05, 0.1) is 12.7 Å². The van der Waals surface area contributed by atoms with Gasteiger partial charge in [-0.1, -0.05) is 12.8 Å². The van der Waals surface area contributed by atoms with Crippen LogP contribution < -0.4 is 5.32 Å². The highest BCUT2D eigenvalue weighted by molar-refractivity contribution is 5.75. The second-order valence-corrected chi connectivity index (χ2v) is 3.20. The topological polar surface area (TPSA) is 38.3 Å². The van der Waals surface area contributed by atoms with Crippen LogP contribution in [0.2, 0.25) is 0 Å². The highest BCUT2D eigenvalue weighted by Gasteiger charge is 2.15. The Morgan fingerprint density at radius 1 is 1.50 bits per heavy atom. The molecule has 1 rings (SSSR count). The molecule has 0 atom stereocenters. The minimum absolute atomic E-state index is 0.0630. The van der Waals surface area contributed by atoms with Gasteiger partial charge in [0.15, 0.2) is 0 Å². The molecule has 0 aliphatic heterocycles. The van der Waals surface area contributed by atoms with Crippen LogP contribution in [0.3, 0.4) is 0 Å². The van der Waals surface area contributed by atoms with Crippen molar-refractivity contribution in [2.75, 3.05) is 13.7 Å². The SMILES string of the molecule is CNC(=O)CCOC1CCCC1. The van der Waals surface area contributed by atoms with Gasteiger partial charge in [-0.2, -0.15) is 0 Å². The van der Waals surface area contributed by atoms with E-state index in [1.165, 1.54) is 25.7 Å². The zero-order valence-corrected chi connectivity index (χ0v) is 7.64. The van der Waals surface area contributed by atoms with Crippen LogP contribution in [-0.4, -0.2) is 25.7 Å². The first-order valence-electron chi connectivity index (χ1n) is 4.65. The average molecular weight is 171 g/mol. The Labute approximate surface area is 73.5 Å². The van der Waals surface area contributed by atoms with Gasteiger partial charge in [-0.3, -0.25) is 4.79 Å².